The molecule has 1 aromatic heterocycles. The zero-order valence-electron chi connectivity index (χ0n) is 15.0. The van der Waals surface area contributed by atoms with E-state index in [1.165, 1.54) is 31.2 Å². The molecule has 1 atom stereocenters. The Morgan fingerprint density at radius 2 is 2.12 bits per heavy atom. The van der Waals surface area contributed by atoms with Crippen LogP contribution in [0, 0.1) is 11.9 Å². The molecule has 2 saturated heterocycles. The molecular formula is C19H24FN3O3. The van der Waals surface area contributed by atoms with E-state index >= 15 is 0 Å². The molecule has 1 saturated carbocycles. The average molecular weight is 361 g/mol. The summed E-state index contributed by atoms with van der Waals surface area (Å²) in [7, 11) is 0. The average Bonchev–Trinajstić information content (AvgIpc) is 3.47. The molecule has 2 aliphatic heterocycles. The van der Waals surface area contributed by atoms with Gasteiger partial charge in [-0.1, -0.05) is 0 Å². The van der Waals surface area contributed by atoms with Gasteiger partial charge in [-0.15, -0.1) is 0 Å². The van der Waals surface area contributed by atoms with Crippen LogP contribution in [0.15, 0.2) is 18.3 Å². The molecule has 1 aromatic rings. The van der Waals surface area contributed by atoms with Crippen molar-refractivity contribution in [1.29, 1.82) is 0 Å². The van der Waals surface area contributed by atoms with Gasteiger partial charge in [-0.2, -0.15) is 4.39 Å². The van der Waals surface area contributed by atoms with E-state index in [9.17, 15) is 14.0 Å². The Kier molecular flexibility index (Phi) is 4.42. The lowest BCUT2D eigenvalue weighted by molar-refractivity contribution is -0.185. The lowest BCUT2D eigenvalue weighted by Crippen LogP contribution is -2.64. The summed E-state index contributed by atoms with van der Waals surface area (Å²) in [5, 5.41) is 0. The van der Waals surface area contributed by atoms with Crippen LogP contribution < -0.4 is 0 Å². The standard InChI is InChI=1S/C19H24FN3O3/c1-13-19(26-12-17(24)23(13)11-14-2-3-14)5-8-22(9-6-19)18(25)15-4-7-21-16(20)10-15/h4,7,10,13-14H,2-3,5-6,8-9,11-12H2,1H3/t13-/m1/s1. The Morgan fingerprint density at radius 3 is 2.77 bits per heavy atom. The number of likely N-dealkylation sites (tertiary alicyclic amines) is 1. The van der Waals surface area contributed by atoms with Crippen molar-refractivity contribution in [3.8, 4) is 0 Å². The third-order valence-electron chi connectivity index (χ3n) is 6.05. The van der Waals surface area contributed by atoms with E-state index in [0.29, 0.717) is 37.4 Å². The van der Waals surface area contributed by atoms with Gasteiger partial charge in [0, 0.05) is 37.5 Å². The van der Waals surface area contributed by atoms with Gasteiger partial charge in [0.15, 0.2) is 0 Å². The molecule has 0 N–H and O–H groups in total. The van der Waals surface area contributed by atoms with E-state index in [1.54, 1.807) is 4.90 Å². The topological polar surface area (TPSA) is 62.7 Å². The van der Waals surface area contributed by atoms with Gasteiger partial charge in [-0.05, 0) is 44.6 Å². The molecule has 3 heterocycles. The van der Waals surface area contributed by atoms with Crippen LogP contribution in [0.2, 0.25) is 0 Å². The Morgan fingerprint density at radius 1 is 1.38 bits per heavy atom. The highest BCUT2D eigenvalue weighted by atomic mass is 19.1. The molecule has 1 spiro atoms. The molecule has 1 aliphatic carbocycles. The molecule has 4 rings (SSSR count). The van der Waals surface area contributed by atoms with Crippen molar-refractivity contribution in [3.05, 3.63) is 29.8 Å². The summed E-state index contributed by atoms with van der Waals surface area (Å²) in [6.45, 7) is 4.09. The number of piperidine rings is 1. The number of pyridine rings is 1. The molecule has 0 unspecified atom stereocenters. The Labute approximate surface area is 152 Å². The Hall–Kier alpha value is -2.02. The summed E-state index contributed by atoms with van der Waals surface area (Å²) in [6.07, 6.45) is 5.08. The first-order valence-corrected chi connectivity index (χ1v) is 9.33. The number of rotatable bonds is 3. The molecule has 7 heteroatoms. The van der Waals surface area contributed by atoms with Crippen LogP contribution in [0.5, 0.6) is 0 Å². The highest BCUT2D eigenvalue weighted by molar-refractivity contribution is 5.94. The van der Waals surface area contributed by atoms with E-state index in [4.69, 9.17) is 4.74 Å². The maximum Gasteiger partial charge on any atom is 0.254 e. The van der Waals surface area contributed by atoms with Crippen LogP contribution in [-0.4, -0.2) is 64.5 Å². The van der Waals surface area contributed by atoms with E-state index in [1.807, 2.05) is 4.90 Å². The van der Waals surface area contributed by atoms with Crippen LogP contribution in [0.3, 0.4) is 0 Å². The summed E-state index contributed by atoms with van der Waals surface area (Å²) in [6, 6.07) is 2.72. The number of carbonyl (C=O) groups is 2. The first kappa shape index (κ1) is 17.4. The second kappa shape index (κ2) is 6.61. The number of hydrogen-bond acceptors (Lipinski definition) is 4. The fourth-order valence-electron chi connectivity index (χ4n) is 4.12. The minimum absolute atomic E-state index is 0.0139. The second-order valence-electron chi connectivity index (χ2n) is 7.68. The second-order valence-corrected chi connectivity index (χ2v) is 7.68. The molecule has 0 aromatic carbocycles. The van der Waals surface area contributed by atoms with Crippen LogP contribution in [0.4, 0.5) is 4.39 Å². The van der Waals surface area contributed by atoms with Crippen molar-refractivity contribution in [3.63, 3.8) is 0 Å². The lowest BCUT2D eigenvalue weighted by atomic mass is 9.82. The van der Waals surface area contributed by atoms with E-state index < -0.39 is 5.95 Å². The van der Waals surface area contributed by atoms with Gasteiger partial charge < -0.3 is 14.5 Å². The normalized spacial score (nSPS) is 25.6. The number of ether oxygens (including phenoxy) is 1. The van der Waals surface area contributed by atoms with Crippen molar-refractivity contribution in [1.82, 2.24) is 14.8 Å². The van der Waals surface area contributed by atoms with Gasteiger partial charge in [-0.25, -0.2) is 4.98 Å². The lowest BCUT2D eigenvalue weighted by Gasteiger charge is -2.51. The van der Waals surface area contributed by atoms with Crippen molar-refractivity contribution >= 4 is 11.8 Å². The summed E-state index contributed by atoms with van der Waals surface area (Å²) < 4.78 is 19.3. The van der Waals surface area contributed by atoms with Crippen molar-refractivity contribution < 1.29 is 18.7 Å². The summed E-state index contributed by atoms with van der Waals surface area (Å²) in [5.41, 5.74) is -0.0695. The summed E-state index contributed by atoms with van der Waals surface area (Å²) in [5.74, 6) is -0.126. The number of morpholine rings is 1. The van der Waals surface area contributed by atoms with Gasteiger partial charge >= 0.3 is 0 Å². The van der Waals surface area contributed by atoms with Gasteiger partial charge in [0.1, 0.15) is 6.61 Å². The number of halogens is 1. The first-order chi connectivity index (χ1) is 12.5. The predicted molar refractivity (Wildman–Crippen MR) is 91.9 cm³/mol. The van der Waals surface area contributed by atoms with Crippen LogP contribution in [-0.2, 0) is 9.53 Å². The predicted octanol–water partition coefficient (Wildman–Crippen LogP) is 1.85. The van der Waals surface area contributed by atoms with Crippen LogP contribution in [0.1, 0.15) is 43.0 Å². The molecule has 26 heavy (non-hydrogen) atoms. The Bertz CT molecular complexity index is 714. The van der Waals surface area contributed by atoms with E-state index in [2.05, 4.69) is 11.9 Å². The number of aromatic nitrogens is 1. The zero-order valence-corrected chi connectivity index (χ0v) is 15.0. The van der Waals surface area contributed by atoms with Crippen molar-refractivity contribution in [2.75, 3.05) is 26.2 Å². The molecule has 3 fully saturated rings. The van der Waals surface area contributed by atoms with Gasteiger partial charge in [0.25, 0.3) is 5.91 Å². The number of amides is 2. The first-order valence-electron chi connectivity index (χ1n) is 9.33. The van der Waals surface area contributed by atoms with Crippen molar-refractivity contribution in [2.45, 2.75) is 44.2 Å². The fourth-order valence-corrected chi connectivity index (χ4v) is 4.12. The quantitative estimate of drug-likeness (QED) is 0.771. The van der Waals surface area contributed by atoms with Gasteiger partial charge in [0.2, 0.25) is 11.9 Å². The molecule has 0 radical (unpaired) electrons. The monoisotopic (exact) mass is 361 g/mol. The fraction of sp³-hybridized carbons (Fsp3) is 0.632. The summed E-state index contributed by atoms with van der Waals surface area (Å²) in [4.78, 5) is 32.1. The highest BCUT2D eigenvalue weighted by Crippen LogP contribution is 2.38. The van der Waals surface area contributed by atoms with Crippen LogP contribution >= 0.6 is 0 Å². The molecule has 2 amide bonds. The minimum atomic E-state index is -0.650. The van der Waals surface area contributed by atoms with E-state index in [-0.39, 0.29) is 30.1 Å². The Balaban J connectivity index is 1.43. The molecule has 140 valence electrons. The smallest absolute Gasteiger partial charge is 0.254 e. The van der Waals surface area contributed by atoms with Gasteiger partial charge in [0.05, 0.1) is 11.6 Å². The largest absolute Gasteiger partial charge is 0.363 e. The molecule has 3 aliphatic rings. The third kappa shape index (κ3) is 3.20. The van der Waals surface area contributed by atoms with Crippen molar-refractivity contribution in [2.24, 2.45) is 5.92 Å². The summed E-state index contributed by atoms with van der Waals surface area (Å²) >= 11 is 0. The maximum absolute atomic E-state index is 13.3. The minimum Gasteiger partial charge on any atom is -0.363 e. The SMILES string of the molecule is C[C@H]1N(CC2CC2)C(=O)COC12CCN(C(=O)c1ccnc(F)c1)CC2. The number of carbonyl (C=O) groups excluding carboxylic acids is 2. The van der Waals surface area contributed by atoms with Crippen LogP contribution in [0.25, 0.3) is 0 Å². The number of nitrogens with zero attached hydrogens (tertiary/aromatic N) is 3. The van der Waals surface area contributed by atoms with Gasteiger partial charge in [-0.3, -0.25) is 9.59 Å². The third-order valence-corrected chi connectivity index (χ3v) is 6.05. The van der Waals surface area contributed by atoms with E-state index in [0.717, 1.165) is 6.54 Å². The molecular weight excluding hydrogens is 337 g/mol. The number of hydrogen-bond donors (Lipinski definition) is 0. The maximum atomic E-state index is 13.3. The highest BCUT2D eigenvalue weighted by Gasteiger charge is 2.49. The zero-order chi connectivity index (χ0) is 18.3. The molecule has 6 nitrogen and oxygen atoms in total. The molecule has 0 bridgehead atoms.